The van der Waals surface area contributed by atoms with Gasteiger partial charge < -0.3 is 9.47 Å². The maximum absolute atomic E-state index is 11.6. The van der Waals surface area contributed by atoms with E-state index in [1.165, 1.54) is 57.8 Å². The second-order valence-corrected chi connectivity index (χ2v) is 14.6. The van der Waals surface area contributed by atoms with Crippen molar-refractivity contribution in [2.45, 2.75) is 130 Å². The Labute approximate surface area is 208 Å². The average Bonchev–Trinajstić information content (AvgIpc) is 3.64. The van der Waals surface area contributed by atoms with Gasteiger partial charge >= 0.3 is 5.97 Å². The largest absolute Gasteiger partial charge is 0.462 e. The molecule has 0 aromatic rings. The lowest BCUT2D eigenvalue weighted by molar-refractivity contribution is -0.157. The molecule has 0 radical (unpaired) electrons. The van der Waals surface area contributed by atoms with Crippen molar-refractivity contribution < 1.29 is 14.3 Å². The number of epoxide rings is 1. The highest BCUT2D eigenvalue weighted by Gasteiger charge is 2.76. The summed E-state index contributed by atoms with van der Waals surface area (Å²) >= 11 is 0. The van der Waals surface area contributed by atoms with Crippen LogP contribution in [0, 0.1) is 58.2 Å². The van der Waals surface area contributed by atoms with E-state index in [0.717, 1.165) is 60.2 Å². The molecule has 6 rings (SSSR count). The first kappa shape index (κ1) is 23.8. The van der Waals surface area contributed by atoms with E-state index in [0.29, 0.717) is 11.5 Å². The van der Waals surface area contributed by atoms with E-state index in [4.69, 9.17) is 9.47 Å². The van der Waals surface area contributed by atoms with Gasteiger partial charge in [0.05, 0.1) is 6.10 Å². The molecule has 5 saturated carbocycles. The molecule has 192 valence electrons. The molecule has 5 aliphatic carbocycles. The molecule has 1 aliphatic heterocycles. The van der Waals surface area contributed by atoms with Gasteiger partial charge in [0.15, 0.2) is 0 Å². The fourth-order valence-corrected chi connectivity index (χ4v) is 11.0. The minimum Gasteiger partial charge on any atom is -0.462 e. The standard InChI is InChI=1S/C31H50O3/c1-18(23-15-20(23)3)7-8-19(2)25-9-10-26-24-16-28-31(34-28)17-22(33-21(4)32)11-14-30(31,6)27(24)12-13-29(25,26)5/h18-20,22-28H,7-17H2,1-6H3/t18-,19-,20-,22+,23+,24+,25-,26+,27+,28+,29-,30-,31+/m1/s1. The van der Waals surface area contributed by atoms with Crippen LogP contribution >= 0.6 is 0 Å². The molecule has 13 atom stereocenters. The zero-order valence-corrected chi connectivity index (χ0v) is 22.8. The zero-order valence-electron chi connectivity index (χ0n) is 22.8. The first-order chi connectivity index (χ1) is 16.1. The summed E-state index contributed by atoms with van der Waals surface area (Å²) < 4.78 is 12.3. The molecule has 0 bridgehead atoms. The van der Waals surface area contributed by atoms with E-state index in [9.17, 15) is 4.79 Å². The van der Waals surface area contributed by atoms with E-state index in [1.54, 1.807) is 6.92 Å². The number of fused-ring (bicyclic) bond motifs is 4. The summed E-state index contributed by atoms with van der Waals surface area (Å²) in [5.41, 5.74) is 0.817. The molecule has 0 N–H and O–H groups in total. The molecule has 3 nitrogen and oxygen atoms in total. The maximum Gasteiger partial charge on any atom is 0.302 e. The monoisotopic (exact) mass is 470 g/mol. The third-order valence-electron chi connectivity index (χ3n) is 13.1. The van der Waals surface area contributed by atoms with Crippen molar-refractivity contribution >= 4 is 5.97 Å². The second kappa shape index (κ2) is 7.96. The summed E-state index contributed by atoms with van der Waals surface area (Å²) in [6, 6.07) is 0. The highest BCUT2D eigenvalue weighted by atomic mass is 16.6. The normalized spacial score (nSPS) is 54.6. The van der Waals surface area contributed by atoms with Crippen LogP contribution in [0.1, 0.15) is 112 Å². The highest BCUT2D eigenvalue weighted by Crippen LogP contribution is 2.74. The van der Waals surface area contributed by atoms with Crippen LogP contribution in [0.15, 0.2) is 0 Å². The lowest BCUT2D eigenvalue weighted by Crippen LogP contribution is -2.59. The van der Waals surface area contributed by atoms with Crippen molar-refractivity contribution in [1.82, 2.24) is 0 Å². The van der Waals surface area contributed by atoms with Gasteiger partial charge in [0, 0.05) is 18.8 Å². The lowest BCUT2D eigenvalue weighted by Gasteiger charge is -2.59. The van der Waals surface area contributed by atoms with Crippen LogP contribution < -0.4 is 0 Å². The van der Waals surface area contributed by atoms with E-state index in [1.807, 2.05) is 0 Å². The first-order valence-electron chi connectivity index (χ1n) is 14.9. The van der Waals surface area contributed by atoms with Gasteiger partial charge in [0.25, 0.3) is 0 Å². The van der Waals surface area contributed by atoms with Crippen LogP contribution in [-0.4, -0.2) is 23.8 Å². The highest BCUT2D eigenvalue weighted by molar-refractivity contribution is 5.66. The number of rotatable bonds is 6. The number of esters is 1. The molecule has 0 amide bonds. The number of hydrogen-bond donors (Lipinski definition) is 0. The molecule has 6 aliphatic rings. The molecule has 34 heavy (non-hydrogen) atoms. The molecule has 0 aromatic heterocycles. The topological polar surface area (TPSA) is 38.8 Å². The van der Waals surface area contributed by atoms with E-state index in [-0.39, 0.29) is 23.1 Å². The Kier molecular flexibility index (Phi) is 5.58. The second-order valence-electron chi connectivity index (χ2n) is 14.6. The van der Waals surface area contributed by atoms with Gasteiger partial charge in [-0.25, -0.2) is 0 Å². The van der Waals surface area contributed by atoms with Gasteiger partial charge in [0.1, 0.15) is 11.7 Å². The summed E-state index contributed by atoms with van der Waals surface area (Å²) in [5, 5.41) is 0. The molecule has 0 aromatic carbocycles. The Balaban J connectivity index is 1.15. The smallest absolute Gasteiger partial charge is 0.302 e. The molecule has 6 fully saturated rings. The van der Waals surface area contributed by atoms with Crippen LogP contribution in [0.25, 0.3) is 0 Å². The summed E-state index contributed by atoms with van der Waals surface area (Å²) in [5.74, 6) is 7.14. The van der Waals surface area contributed by atoms with E-state index >= 15 is 0 Å². The first-order valence-corrected chi connectivity index (χ1v) is 14.9. The zero-order chi connectivity index (χ0) is 24.0. The van der Waals surface area contributed by atoms with Gasteiger partial charge in [-0.15, -0.1) is 0 Å². The summed E-state index contributed by atoms with van der Waals surface area (Å²) in [4.78, 5) is 11.6. The Morgan fingerprint density at radius 1 is 1.00 bits per heavy atom. The summed E-state index contributed by atoms with van der Waals surface area (Å²) in [6.07, 6.45) is 15.0. The minimum absolute atomic E-state index is 0.00164. The van der Waals surface area contributed by atoms with Crippen LogP contribution in [0.4, 0.5) is 0 Å². The maximum atomic E-state index is 11.6. The molecule has 1 heterocycles. The van der Waals surface area contributed by atoms with E-state index in [2.05, 4.69) is 34.6 Å². The van der Waals surface area contributed by atoms with Crippen molar-refractivity contribution in [3.63, 3.8) is 0 Å². The molecule has 1 spiro atoms. The minimum atomic E-state index is -0.128. The van der Waals surface area contributed by atoms with E-state index < -0.39 is 0 Å². The fraction of sp³-hybridized carbons (Fsp3) is 0.968. The van der Waals surface area contributed by atoms with Crippen molar-refractivity contribution in [2.24, 2.45) is 58.2 Å². The van der Waals surface area contributed by atoms with Gasteiger partial charge in [-0.1, -0.05) is 47.5 Å². The van der Waals surface area contributed by atoms with Gasteiger partial charge in [-0.05, 0) is 104 Å². The number of carbonyl (C=O) groups excluding carboxylic acids is 1. The van der Waals surface area contributed by atoms with Gasteiger partial charge in [-0.3, -0.25) is 4.79 Å². The fourth-order valence-electron chi connectivity index (χ4n) is 11.0. The van der Waals surface area contributed by atoms with Crippen LogP contribution in [0.5, 0.6) is 0 Å². The van der Waals surface area contributed by atoms with Gasteiger partial charge in [-0.2, -0.15) is 0 Å². The lowest BCUT2D eigenvalue weighted by atomic mass is 9.44. The quantitative estimate of drug-likeness (QED) is 0.299. The third-order valence-corrected chi connectivity index (χ3v) is 13.1. The molecule has 1 saturated heterocycles. The SMILES string of the molecule is CC(=O)O[C@H]1CC[C@]2(C)[C@H]3CC[C@]4(C)[C@@H]([C@H](C)CC[C@@H](C)[C@@H]5C[C@H]5C)CC[C@H]4[C@@H]3C[C@@H]3O[C@@]32C1. The summed E-state index contributed by atoms with van der Waals surface area (Å²) in [7, 11) is 0. The van der Waals surface area contributed by atoms with Crippen LogP contribution in [0.3, 0.4) is 0 Å². The predicted octanol–water partition coefficient (Wildman–Crippen LogP) is 7.42. The molecular weight excluding hydrogens is 420 g/mol. The Bertz CT molecular complexity index is 823. The molecule has 0 unspecified atom stereocenters. The van der Waals surface area contributed by atoms with Crippen LogP contribution in [0.2, 0.25) is 0 Å². The Morgan fingerprint density at radius 3 is 2.44 bits per heavy atom. The molecular formula is C31H50O3. The summed E-state index contributed by atoms with van der Waals surface area (Å²) in [6.45, 7) is 14.4. The predicted molar refractivity (Wildman–Crippen MR) is 135 cm³/mol. The average molecular weight is 471 g/mol. The van der Waals surface area contributed by atoms with Crippen molar-refractivity contribution in [3.05, 3.63) is 0 Å². The van der Waals surface area contributed by atoms with Crippen LogP contribution in [-0.2, 0) is 14.3 Å². The number of hydrogen-bond acceptors (Lipinski definition) is 3. The molecule has 3 heteroatoms. The number of carbonyl (C=O) groups is 1. The van der Waals surface area contributed by atoms with Crippen molar-refractivity contribution in [1.29, 1.82) is 0 Å². The van der Waals surface area contributed by atoms with Crippen molar-refractivity contribution in [3.8, 4) is 0 Å². The third kappa shape index (κ3) is 3.41. The van der Waals surface area contributed by atoms with Gasteiger partial charge in [0.2, 0.25) is 0 Å². The van der Waals surface area contributed by atoms with Crippen molar-refractivity contribution in [2.75, 3.05) is 0 Å². The number of ether oxygens (including phenoxy) is 2. The Morgan fingerprint density at radius 2 is 1.74 bits per heavy atom. The Hall–Kier alpha value is -0.570.